The van der Waals surface area contributed by atoms with E-state index in [9.17, 15) is 4.39 Å². The Kier molecular flexibility index (Phi) is 3.26. The van der Waals surface area contributed by atoms with E-state index in [1.165, 1.54) is 24.5 Å². The Morgan fingerprint density at radius 1 is 1.39 bits per heavy atom. The number of nitrogen functional groups attached to an aromatic ring is 1. The van der Waals surface area contributed by atoms with Crippen molar-refractivity contribution in [2.24, 2.45) is 0 Å². The minimum atomic E-state index is -0.523. The van der Waals surface area contributed by atoms with Crippen LogP contribution in [0.1, 0.15) is 5.56 Å². The first-order chi connectivity index (χ1) is 8.61. The van der Waals surface area contributed by atoms with Crippen LogP contribution in [-0.4, -0.2) is 9.97 Å². The lowest BCUT2D eigenvalue weighted by Crippen LogP contribution is -2.02. The number of hydrogen-bond acceptors (Lipinski definition) is 5. The number of nitriles is 1. The van der Waals surface area contributed by atoms with Crippen LogP contribution in [0.4, 0.5) is 21.7 Å². The number of halogens is 2. The van der Waals surface area contributed by atoms with E-state index in [1.807, 2.05) is 6.07 Å². The molecular weight excluding hydrogens is 257 g/mol. The lowest BCUT2D eigenvalue weighted by atomic mass is 10.2. The maximum Gasteiger partial charge on any atom is 0.153 e. The molecule has 1 heterocycles. The zero-order valence-corrected chi connectivity index (χ0v) is 9.74. The fourth-order valence-electron chi connectivity index (χ4n) is 1.31. The molecule has 0 aliphatic carbocycles. The van der Waals surface area contributed by atoms with Gasteiger partial charge in [0.1, 0.15) is 29.6 Å². The number of rotatable bonds is 2. The standard InChI is InChI=1S/C11H7ClFN5/c12-8-3-6(1-2-9(8)13)18-11-7(4-14)10(15)16-5-17-11/h1-3,5H,(H3,15,16,17,18). The second kappa shape index (κ2) is 4.85. The van der Waals surface area contributed by atoms with Gasteiger partial charge in [0.25, 0.3) is 0 Å². The summed E-state index contributed by atoms with van der Waals surface area (Å²) < 4.78 is 13.0. The van der Waals surface area contributed by atoms with Crippen LogP contribution in [0.2, 0.25) is 5.02 Å². The smallest absolute Gasteiger partial charge is 0.153 e. The Balaban J connectivity index is 2.37. The molecule has 7 heteroatoms. The number of hydrogen-bond donors (Lipinski definition) is 2. The molecule has 5 nitrogen and oxygen atoms in total. The average molecular weight is 264 g/mol. The maximum absolute atomic E-state index is 13.0. The Hall–Kier alpha value is -2.39. The molecule has 18 heavy (non-hydrogen) atoms. The molecule has 2 aromatic rings. The van der Waals surface area contributed by atoms with Crippen LogP contribution >= 0.6 is 11.6 Å². The van der Waals surface area contributed by atoms with Crippen LogP contribution in [0.25, 0.3) is 0 Å². The lowest BCUT2D eigenvalue weighted by Gasteiger charge is -2.08. The van der Waals surface area contributed by atoms with Gasteiger partial charge >= 0.3 is 0 Å². The Morgan fingerprint density at radius 3 is 2.83 bits per heavy atom. The van der Waals surface area contributed by atoms with E-state index in [4.69, 9.17) is 22.6 Å². The molecule has 0 unspecified atom stereocenters. The SMILES string of the molecule is N#Cc1c(N)ncnc1Nc1ccc(F)c(Cl)c1. The summed E-state index contributed by atoms with van der Waals surface area (Å²) in [7, 11) is 0. The Labute approximate surface area is 107 Å². The topological polar surface area (TPSA) is 87.6 Å². The van der Waals surface area contributed by atoms with E-state index in [1.54, 1.807) is 0 Å². The van der Waals surface area contributed by atoms with Crippen LogP contribution in [-0.2, 0) is 0 Å². The predicted molar refractivity (Wildman–Crippen MR) is 65.9 cm³/mol. The van der Waals surface area contributed by atoms with Crippen LogP contribution < -0.4 is 11.1 Å². The van der Waals surface area contributed by atoms with E-state index in [0.29, 0.717) is 5.69 Å². The molecule has 1 aromatic carbocycles. The monoisotopic (exact) mass is 263 g/mol. The quantitative estimate of drug-likeness (QED) is 0.869. The van der Waals surface area contributed by atoms with Crippen LogP contribution in [0.15, 0.2) is 24.5 Å². The number of nitrogens with one attached hydrogen (secondary N) is 1. The van der Waals surface area contributed by atoms with Gasteiger partial charge in [-0.05, 0) is 18.2 Å². The van der Waals surface area contributed by atoms with Crippen molar-refractivity contribution in [3.8, 4) is 6.07 Å². The number of anilines is 3. The molecular formula is C11H7ClFN5. The van der Waals surface area contributed by atoms with Crippen molar-refractivity contribution in [3.63, 3.8) is 0 Å². The van der Waals surface area contributed by atoms with Gasteiger partial charge in [0.2, 0.25) is 0 Å². The molecule has 0 aliphatic heterocycles. The van der Waals surface area contributed by atoms with Crippen molar-refractivity contribution in [1.82, 2.24) is 9.97 Å². The number of aromatic nitrogens is 2. The summed E-state index contributed by atoms with van der Waals surface area (Å²) in [6.07, 6.45) is 1.23. The van der Waals surface area contributed by atoms with Gasteiger partial charge in [0.05, 0.1) is 5.02 Å². The van der Waals surface area contributed by atoms with E-state index in [-0.39, 0.29) is 22.2 Å². The molecule has 0 bridgehead atoms. The zero-order valence-electron chi connectivity index (χ0n) is 8.98. The number of nitrogens with two attached hydrogens (primary N) is 1. The first-order valence-corrected chi connectivity index (χ1v) is 5.22. The van der Waals surface area contributed by atoms with Gasteiger partial charge in [0.15, 0.2) is 5.82 Å². The van der Waals surface area contributed by atoms with E-state index >= 15 is 0 Å². The summed E-state index contributed by atoms with van der Waals surface area (Å²) in [4.78, 5) is 7.60. The third kappa shape index (κ3) is 2.31. The summed E-state index contributed by atoms with van der Waals surface area (Å²) >= 11 is 5.65. The van der Waals surface area contributed by atoms with Gasteiger partial charge in [-0.1, -0.05) is 11.6 Å². The van der Waals surface area contributed by atoms with Crippen molar-refractivity contribution < 1.29 is 4.39 Å². The summed E-state index contributed by atoms with van der Waals surface area (Å²) in [5, 5.41) is 11.7. The molecule has 0 aliphatic rings. The fraction of sp³-hybridized carbons (Fsp3) is 0. The number of nitrogens with zero attached hydrogens (tertiary/aromatic N) is 3. The maximum atomic E-state index is 13.0. The summed E-state index contributed by atoms with van der Waals surface area (Å²) in [5.41, 5.74) is 6.16. The first-order valence-electron chi connectivity index (χ1n) is 4.84. The van der Waals surface area contributed by atoms with Crippen LogP contribution in [0.3, 0.4) is 0 Å². The highest BCUT2D eigenvalue weighted by Gasteiger charge is 2.09. The van der Waals surface area contributed by atoms with Crippen LogP contribution in [0.5, 0.6) is 0 Å². The van der Waals surface area contributed by atoms with E-state index < -0.39 is 5.82 Å². The molecule has 90 valence electrons. The largest absolute Gasteiger partial charge is 0.382 e. The normalized spacial score (nSPS) is 9.83. The lowest BCUT2D eigenvalue weighted by molar-refractivity contribution is 0.628. The van der Waals surface area contributed by atoms with Crippen molar-refractivity contribution in [1.29, 1.82) is 5.26 Å². The van der Waals surface area contributed by atoms with Crippen molar-refractivity contribution in [2.75, 3.05) is 11.1 Å². The molecule has 2 rings (SSSR count). The van der Waals surface area contributed by atoms with Gasteiger partial charge in [-0.2, -0.15) is 5.26 Å². The van der Waals surface area contributed by atoms with E-state index in [0.717, 1.165) is 0 Å². The Morgan fingerprint density at radius 2 is 2.17 bits per heavy atom. The highest BCUT2D eigenvalue weighted by atomic mass is 35.5. The van der Waals surface area contributed by atoms with Crippen LogP contribution in [0, 0.1) is 17.1 Å². The molecule has 1 aromatic heterocycles. The third-order valence-electron chi connectivity index (χ3n) is 2.17. The van der Waals surface area contributed by atoms with Crippen molar-refractivity contribution in [3.05, 3.63) is 40.9 Å². The predicted octanol–water partition coefficient (Wildman–Crippen LogP) is 2.47. The van der Waals surface area contributed by atoms with Gasteiger partial charge in [-0.25, -0.2) is 14.4 Å². The van der Waals surface area contributed by atoms with Gasteiger partial charge < -0.3 is 11.1 Å². The molecule has 0 saturated heterocycles. The Bertz CT molecular complexity index is 638. The minimum absolute atomic E-state index is 0.0273. The van der Waals surface area contributed by atoms with Crippen molar-refractivity contribution >= 4 is 28.9 Å². The summed E-state index contributed by atoms with van der Waals surface area (Å²) in [5.74, 6) is -0.208. The minimum Gasteiger partial charge on any atom is -0.382 e. The van der Waals surface area contributed by atoms with Gasteiger partial charge in [-0.15, -0.1) is 0 Å². The summed E-state index contributed by atoms with van der Waals surface area (Å²) in [6, 6.07) is 5.96. The average Bonchev–Trinajstić information content (AvgIpc) is 2.34. The zero-order chi connectivity index (χ0) is 13.1. The fourth-order valence-corrected chi connectivity index (χ4v) is 1.50. The third-order valence-corrected chi connectivity index (χ3v) is 2.46. The highest BCUT2D eigenvalue weighted by molar-refractivity contribution is 6.31. The molecule has 3 N–H and O–H groups in total. The first kappa shape index (κ1) is 12.1. The highest BCUT2D eigenvalue weighted by Crippen LogP contribution is 2.24. The molecule has 0 fully saturated rings. The van der Waals surface area contributed by atoms with E-state index in [2.05, 4.69) is 15.3 Å². The van der Waals surface area contributed by atoms with Crippen molar-refractivity contribution in [2.45, 2.75) is 0 Å². The molecule has 0 radical (unpaired) electrons. The van der Waals surface area contributed by atoms with Gasteiger partial charge in [0, 0.05) is 5.69 Å². The molecule has 0 saturated carbocycles. The second-order valence-corrected chi connectivity index (χ2v) is 3.76. The molecule has 0 spiro atoms. The second-order valence-electron chi connectivity index (χ2n) is 3.35. The number of benzene rings is 1. The molecule has 0 atom stereocenters. The molecule has 0 amide bonds. The van der Waals surface area contributed by atoms with Gasteiger partial charge in [-0.3, -0.25) is 0 Å². The summed E-state index contributed by atoms with van der Waals surface area (Å²) in [6.45, 7) is 0.